The lowest BCUT2D eigenvalue weighted by atomic mass is 10.0. The molecule has 166 valence electrons. The molecule has 32 heavy (non-hydrogen) atoms. The molecule has 0 N–H and O–H groups in total. The fraction of sp³-hybridized carbons (Fsp3) is 0.259. The Kier molecular flexibility index (Phi) is 6.78. The topological polar surface area (TPSA) is 40.2 Å². The zero-order valence-electron chi connectivity index (χ0n) is 19.0. The third-order valence-electron chi connectivity index (χ3n) is 5.40. The summed E-state index contributed by atoms with van der Waals surface area (Å²) in [7, 11) is 3.26. The van der Waals surface area contributed by atoms with Crippen LogP contribution in [0.4, 0.5) is 11.4 Å². The highest BCUT2D eigenvalue weighted by Crippen LogP contribution is 2.45. The third-order valence-corrected chi connectivity index (χ3v) is 5.40. The van der Waals surface area contributed by atoms with Crippen molar-refractivity contribution in [1.82, 2.24) is 0 Å². The number of fused-ring (bicyclic) bond motifs is 2. The zero-order chi connectivity index (χ0) is 22.5. The molecule has 0 aliphatic heterocycles. The van der Waals surface area contributed by atoms with Gasteiger partial charge in [-0.2, -0.15) is 0 Å². The summed E-state index contributed by atoms with van der Waals surface area (Å²) < 4.78 is 22.8. The normalized spacial score (nSPS) is 11.3. The molecule has 4 rings (SSSR count). The fourth-order valence-corrected chi connectivity index (χ4v) is 4.07. The van der Waals surface area contributed by atoms with Gasteiger partial charge in [-0.1, -0.05) is 60.7 Å². The van der Waals surface area contributed by atoms with Crippen LogP contribution in [0, 0.1) is 0 Å². The number of nitrogens with zero attached hydrogens (tertiary/aromatic N) is 1. The molecule has 0 heterocycles. The van der Waals surface area contributed by atoms with E-state index >= 15 is 0 Å². The van der Waals surface area contributed by atoms with Crippen LogP contribution in [-0.4, -0.2) is 33.8 Å². The smallest absolute Gasteiger partial charge is 0.188 e. The number of hydrogen-bond donors (Lipinski definition) is 0. The van der Waals surface area contributed by atoms with E-state index in [1.807, 2.05) is 24.3 Å². The van der Waals surface area contributed by atoms with Crippen LogP contribution in [0.5, 0.6) is 11.5 Å². The maximum Gasteiger partial charge on any atom is 0.188 e. The Morgan fingerprint density at radius 2 is 1.06 bits per heavy atom. The molecule has 4 aromatic carbocycles. The number of rotatable bonds is 9. The first kappa shape index (κ1) is 21.9. The largest absolute Gasteiger partial charge is 0.465 e. The second-order valence-electron chi connectivity index (χ2n) is 7.84. The highest BCUT2D eigenvalue weighted by Gasteiger charge is 2.24. The first-order valence-corrected chi connectivity index (χ1v) is 10.7. The number of ether oxygens (including phenoxy) is 4. The van der Waals surface area contributed by atoms with E-state index < -0.39 is 0 Å². The molecular formula is C27H29NO4. The minimum atomic E-state index is 0.132. The van der Waals surface area contributed by atoms with Crippen molar-refractivity contribution in [2.24, 2.45) is 0 Å². The van der Waals surface area contributed by atoms with E-state index in [1.54, 1.807) is 14.2 Å². The quantitative estimate of drug-likeness (QED) is 0.283. The fourth-order valence-electron chi connectivity index (χ4n) is 4.07. The van der Waals surface area contributed by atoms with Gasteiger partial charge in [-0.05, 0) is 36.8 Å². The van der Waals surface area contributed by atoms with Crippen LogP contribution in [0.15, 0.2) is 72.8 Å². The Bertz CT molecular complexity index is 1110. The molecule has 0 unspecified atom stereocenters. The van der Waals surface area contributed by atoms with Crippen molar-refractivity contribution in [3.8, 4) is 11.5 Å². The van der Waals surface area contributed by atoms with Crippen LogP contribution in [0.2, 0.25) is 0 Å². The molecule has 0 aliphatic carbocycles. The number of hydrogen-bond acceptors (Lipinski definition) is 5. The minimum Gasteiger partial charge on any atom is -0.465 e. The van der Waals surface area contributed by atoms with Gasteiger partial charge in [-0.15, -0.1) is 0 Å². The van der Waals surface area contributed by atoms with Gasteiger partial charge in [0.25, 0.3) is 0 Å². The van der Waals surface area contributed by atoms with E-state index in [0.717, 1.165) is 44.4 Å². The van der Waals surface area contributed by atoms with Crippen LogP contribution in [0.1, 0.15) is 13.8 Å². The third kappa shape index (κ3) is 4.22. The molecule has 0 aromatic heterocycles. The summed E-state index contributed by atoms with van der Waals surface area (Å²) in [5.74, 6) is 1.56. The van der Waals surface area contributed by atoms with Gasteiger partial charge in [0.05, 0.1) is 11.4 Å². The summed E-state index contributed by atoms with van der Waals surface area (Å²) in [5, 5.41) is 4.29. The molecule has 0 atom stereocenters. The second kappa shape index (κ2) is 9.90. The molecule has 0 amide bonds. The summed E-state index contributed by atoms with van der Waals surface area (Å²) >= 11 is 0. The molecule has 4 aromatic rings. The second-order valence-corrected chi connectivity index (χ2v) is 7.84. The number of anilines is 2. The lowest BCUT2D eigenvalue weighted by Crippen LogP contribution is -2.27. The summed E-state index contributed by atoms with van der Waals surface area (Å²) in [4.78, 5) is 2.24. The van der Waals surface area contributed by atoms with Crippen molar-refractivity contribution in [2.45, 2.75) is 19.9 Å². The van der Waals surface area contributed by atoms with Crippen LogP contribution in [0.3, 0.4) is 0 Å². The Morgan fingerprint density at radius 1 is 0.625 bits per heavy atom. The summed E-state index contributed by atoms with van der Waals surface area (Å²) in [5.41, 5.74) is 1.90. The maximum atomic E-state index is 6.13. The predicted octanol–water partition coefficient (Wildman–Crippen LogP) is 6.50. The van der Waals surface area contributed by atoms with Gasteiger partial charge in [0.2, 0.25) is 0 Å². The monoisotopic (exact) mass is 431 g/mol. The minimum absolute atomic E-state index is 0.132. The molecule has 0 saturated heterocycles. The van der Waals surface area contributed by atoms with E-state index in [0.29, 0.717) is 0 Å². The van der Waals surface area contributed by atoms with Crippen molar-refractivity contribution in [3.63, 3.8) is 0 Å². The van der Waals surface area contributed by atoms with Gasteiger partial charge in [0, 0.05) is 31.0 Å². The molecule has 0 aliphatic rings. The highest BCUT2D eigenvalue weighted by atomic mass is 16.7. The predicted molar refractivity (Wildman–Crippen MR) is 130 cm³/mol. The van der Waals surface area contributed by atoms with Crippen molar-refractivity contribution < 1.29 is 18.9 Å². The van der Waals surface area contributed by atoms with E-state index in [1.165, 1.54) is 0 Å². The Morgan fingerprint density at radius 3 is 1.47 bits per heavy atom. The molecule has 0 radical (unpaired) electrons. The molecule has 0 fully saturated rings. The van der Waals surface area contributed by atoms with Gasteiger partial charge in [-0.3, -0.25) is 0 Å². The molecule has 0 saturated carbocycles. The van der Waals surface area contributed by atoms with E-state index in [2.05, 4.69) is 67.3 Å². The van der Waals surface area contributed by atoms with E-state index in [-0.39, 0.29) is 19.6 Å². The molecule has 5 heteroatoms. The van der Waals surface area contributed by atoms with Crippen molar-refractivity contribution >= 4 is 32.9 Å². The van der Waals surface area contributed by atoms with Gasteiger partial charge >= 0.3 is 0 Å². The highest BCUT2D eigenvalue weighted by molar-refractivity contribution is 5.98. The van der Waals surface area contributed by atoms with Crippen LogP contribution < -0.4 is 14.4 Å². The average Bonchev–Trinajstić information content (AvgIpc) is 2.82. The van der Waals surface area contributed by atoms with Gasteiger partial charge in [-0.25, -0.2) is 0 Å². The van der Waals surface area contributed by atoms with Crippen molar-refractivity contribution in [2.75, 3.05) is 32.7 Å². The van der Waals surface area contributed by atoms with Gasteiger partial charge in [0.1, 0.15) is 0 Å². The Hall–Kier alpha value is -3.28. The first-order valence-electron chi connectivity index (χ1n) is 10.7. The van der Waals surface area contributed by atoms with Gasteiger partial charge < -0.3 is 23.8 Å². The maximum absolute atomic E-state index is 6.13. The Balaban J connectivity index is 1.95. The van der Waals surface area contributed by atoms with E-state index in [4.69, 9.17) is 18.9 Å². The molecule has 0 spiro atoms. The van der Waals surface area contributed by atoms with Crippen LogP contribution in [0.25, 0.3) is 21.5 Å². The van der Waals surface area contributed by atoms with Crippen molar-refractivity contribution in [3.05, 3.63) is 72.8 Å². The molecular weight excluding hydrogens is 402 g/mol. The van der Waals surface area contributed by atoms with Gasteiger partial charge in [0.15, 0.2) is 25.1 Å². The first-order chi connectivity index (χ1) is 15.7. The van der Waals surface area contributed by atoms with Crippen LogP contribution >= 0.6 is 0 Å². The van der Waals surface area contributed by atoms with Crippen molar-refractivity contribution in [1.29, 1.82) is 0 Å². The summed E-state index contributed by atoms with van der Waals surface area (Å²) in [6.45, 7) is 4.64. The standard InChI is InChI=1S/C27H29NO4/c1-19(2)28(24-15-13-20-9-5-7-11-22(20)26(24)31-17-29-3)25-16-14-21-10-6-8-12-23(21)27(25)32-18-30-4/h5-16,19H,17-18H2,1-4H3. The molecule has 5 nitrogen and oxygen atoms in total. The lowest BCUT2D eigenvalue weighted by molar-refractivity contribution is 0.0520. The summed E-state index contributed by atoms with van der Waals surface area (Å²) in [6.07, 6.45) is 0. The van der Waals surface area contributed by atoms with Crippen LogP contribution in [-0.2, 0) is 9.47 Å². The number of methoxy groups -OCH3 is 2. The van der Waals surface area contributed by atoms with E-state index in [9.17, 15) is 0 Å². The SMILES string of the molecule is COCOc1c(N(c2ccc3ccccc3c2OCOC)C(C)C)ccc2ccccc12. The average molecular weight is 432 g/mol. The summed E-state index contributed by atoms with van der Waals surface area (Å²) in [6, 6.07) is 25.0. The molecule has 0 bridgehead atoms. The lowest BCUT2D eigenvalue weighted by Gasteiger charge is -2.33. The number of benzene rings is 4. The zero-order valence-corrected chi connectivity index (χ0v) is 19.0. The Labute approximate surface area is 189 Å².